The number of ether oxygens (including phenoxy) is 1. The molecule has 0 fully saturated rings. The fraction of sp³-hybridized carbons (Fsp3) is 0.300. The molecule has 3 N–H and O–H groups in total. The Kier molecular flexibility index (Phi) is 3.94. The van der Waals surface area contributed by atoms with E-state index in [1.54, 1.807) is 18.2 Å². The lowest BCUT2D eigenvalue weighted by Crippen LogP contribution is -2.36. The van der Waals surface area contributed by atoms with Gasteiger partial charge in [0.15, 0.2) is 0 Å². The van der Waals surface area contributed by atoms with E-state index in [4.69, 9.17) is 27.2 Å². The van der Waals surface area contributed by atoms with Gasteiger partial charge in [-0.2, -0.15) is 0 Å². The maximum atomic E-state index is 10.4. The van der Waals surface area contributed by atoms with Crippen molar-refractivity contribution in [1.82, 2.24) is 0 Å². The summed E-state index contributed by atoms with van der Waals surface area (Å²) >= 11 is 5.77. The van der Waals surface area contributed by atoms with Gasteiger partial charge in [-0.25, -0.2) is 0 Å². The summed E-state index contributed by atoms with van der Waals surface area (Å²) in [5.41, 5.74) is 6.18. The molecule has 4 nitrogen and oxygen atoms in total. The first-order valence-corrected chi connectivity index (χ1v) is 4.76. The summed E-state index contributed by atoms with van der Waals surface area (Å²) in [6, 6.07) is 4.14. The van der Waals surface area contributed by atoms with Crippen LogP contribution in [0, 0.1) is 6.92 Å². The van der Waals surface area contributed by atoms with E-state index in [0.717, 1.165) is 5.56 Å². The quantitative estimate of drug-likeness (QED) is 0.820. The van der Waals surface area contributed by atoms with Gasteiger partial charge in [0.1, 0.15) is 18.4 Å². The highest BCUT2D eigenvalue weighted by Crippen LogP contribution is 2.22. The molecule has 0 unspecified atom stereocenters. The van der Waals surface area contributed by atoms with Gasteiger partial charge in [0.2, 0.25) is 0 Å². The van der Waals surface area contributed by atoms with Crippen LogP contribution >= 0.6 is 11.6 Å². The number of aryl methyl sites for hydroxylation is 1. The fourth-order valence-electron chi connectivity index (χ4n) is 0.980. The number of nitrogens with two attached hydrogens (primary N) is 1. The summed E-state index contributed by atoms with van der Waals surface area (Å²) in [6.45, 7) is 1.77. The molecule has 0 saturated carbocycles. The van der Waals surface area contributed by atoms with Crippen LogP contribution in [0.25, 0.3) is 0 Å². The van der Waals surface area contributed by atoms with Crippen molar-refractivity contribution in [3.8, 4) is 5.75 Å². The molecule has 0 spiro atoms. The highest BCUT2D eigenvalue weighted by atomic mass is 35.5. The van der Waals surface area contributed by atoms with Gasteiger partial charge in [-0.15, -0.1) is 0 Å². The summed E-state index contributed by atoms with van der Waals surface area (Å²) in [4.78, 5) is 10.4. The van der Waals surface area contributed by atoms with Gasteiger partial charge in [-0.3, -0.25) is 4.79 Å². The molecule has 0 aliphatic carbocycles. The van der Waals surface area contributed by atoms with Crippen LogP contribution in [0.3, 0.4) is 0 Å². The average molecular weight is 230 g/mol. The minimum Gasteiger partial charge on any atom is -0.491 e. The smallest absolute Gasteiger partial charge is 0.324 e. The third-order valence-corrected chi connectivity index (χ3v) is 2.12. The summed E-state index contributed by atoms with van der Waals surface area (Å²) in [6.07, 6.45) is 0. The number of aliphatic carboxylic acids is 1. The van der Waals surface area contributed by atoms with E-state index < -0.39 is 12.0 Å². The Balaban J connectivity index is 2.65. The van der Waals surface area contributed by atoms with E-state index >= 15 is 0 Å². The van der Waals surface area contributed by atoms with Crippen molar-refractivity contribution < 1.29 is 14.6 Å². The number of benzene rings is 1. The summed E-state index contributed by atoms with van der Waals surface area (Å²) in [5.74, 6) is -0.533. The molecule has 0 amide bonds. The number of rotatable bonds is 4. The summed E-state index contributed by atoms with van der Waals surface area (Å²) in [5, 5.41) is 9.09. The topological polar surface area (TPSA) is 72.5 Å². The van der Waals surface area contributed by atoms with Crippen LogP contribution in [0.2, 0.25) is 5.02 Å². The molecule has 0 radical (unpaired) electrons. The number of carboxylic acids is 1. The van der Waals surface area contributed by atoms with Crippen molar-refractivity contribution >= 4 is 17.6 Å². The average Bonchev–Trinajstić information content (AvgIpc) is 2.18. The molecule has 1 aromatic carbocycles. The van der Waals surface area contributed by atoms with Crippen molar-refractivity contribution in [1.29, 1.82) is 0 Å². The highest BCUT2D eigenvalue weighted by molar-refractivity contribution is 6.30. The molecular formula is C10H12ClNO3. The molecule has 1 rings (SSSR count). The van der Waals surface area contributed by atoms with Gasteiger partial charge in [0.05, 0.1) is 0 Å². The molecule has 0 aliphatic heterocycles. The van der Waals surface area contributed by atoms with Crippen LogP contribution in [0.1, 0.15) is 5.56 Å². The van der Waals surface area contributed by atoms with E-state index in [2.05, 4.69) is 0 Å². The summed E-state index contributed by atoms with van der Waals surface area (Å²) < 4.78 is 5.25. The number of hydrogen-bond donors (Lipinski definition) is 2. The predicted octanol–water partition coefficient (Wildman–Crippen LogP) is 1.44. The second-order valence-electron chi connectivity index (χ2n) is 3.17. The molecule has 0 aromatic heterocycles. The largest absolute Gasteiger partial charge is 0.491 e. The molecule has 0 saturated heterocycles. The highest BCUT2D eigenvalue weighted by Gasteiger charge is 2.12. The van der Waals surface area contributed by atoms with Gasteiger partial charge in [0.25, 0.3) is 0 Å². The Bertz CT molecular complexity index is 368. The molecule has 0 aliphatic rings. The first-order chi connectivity index (χ1) is 7.00. The number of halogens is 1. The number of hydrogen-bond acceptors (Lipinski definition) is 3. The maximum Gasteiger partial charge on any atom is 0.324 e. The molecular weight excluding hydrogens is 218 g/mol. The fourth-order valence-corrected chi connectivity index (χ4v) is 1.14. The van der Waals surface area contributed by atoms with Gasteiger partial charge in [-0.05, 0) is 24.6 Å². The molecule has 0 heterocycles. The first kappa shape index (κ1) is 11.8. The van der Waals surface area contributed by atoms with Gasteiger partial charge < -0.3 is 15.6 Å². The van der Waals surface area contributed by atoms with Crippen LogP contribution in [-0.4, -0.2) is 23.7 Å². The Hall–Kier alpha value is -1.26. The molecule has 82 valence electrons. The van der Waals surface area contributed by atoms with Crippen LogP contribution in [0.15, 0.2) is 18.2 Å². The van der Waals surface area contributed by atoms with Crippen LogP contribution in [-0.2, 0) is 4.79 Å². The second-order valence-corrected chi connectivity index (χ2v) is 3.60. The lowest BCUT2D eigenvalue weighted by Gasteiger charge is -2.11. The molecule has 5 heteroatoms. The lowest BCUT2D eigenvalue weighted by atomic mass is 10.2. The SMILES string of the molecule is Cc1ccc(Cl)cc1OC[C@H](N)C(=O)O. The van der Waals surface area contributed by atoms with Crippen LogP contribution in [0.5, 0.6) is 5.75 Å². The first-order valence-electron chi connectivity index (χ1n) is 4.38. The zero-order valence-electron chi connectivity index (χ0n) is 8.24. The predicted molar refractivity (Wildman–Crippen MR) is 57.3 cm³/mol. The van der Waals surface area contributed by atoms with Crippen molar-refractivity contribution in [2.24, 2.45) is 5.73 Å². The molecule has 1 aromatic rings. The van der Waals surface area contributed by atoms with Crippen LogP contribution in [0.4, 0.5) is 0 Å². The van der Waals surface area contributed by atoms with Crippen molar-refractivity contribution in [2.75, 3.05) is 6.61 Å². The normalized spacial score (nSPS) is 12.2. The van der Waals surface area contributed by atoms with E-state index in [1.807, 2.05) is 6.92 Å². The zero-order chi connectivity index (χ0) is 11.4. The van der Waals surface area contributed by atoms with E-state index in [1.165, 1.54) is 0 Å². The third kappa shape index (κ3) is 3.42. The maximum absolute atomic E-state index is 10.4. The van der Waals surface area contributed by atoms with Crippen molar-refractivity contribution in [3.05, 3.63) is 28.8 Å². The van der Waals surface area contributed by atoms with Crippen molar-refractivity contribution in [3.63, 3.8) is 0 Å². The standard InChI is InChI=1S/C10H12ClNO3/c1-6-2-3-7(11)4-9(6)15-5-8(12)10(13)14/h2-4,8H,5,12H2,1H3,(H,13,14)/t8-/m0/s1. The van der Waals surface area contributed by atoms with Crippen molar-refractivity contribution in [2.45, 2.75) is 13.0 Å². The number of carbonyl (C=O) groups is 1. The minimum atomic E-state index is -1.09. The summed E-state index contributed by atoms with van der Waals surface area (Å²) in [7, 11) is 0. The molecule has 15 heavy (non-hydrogen) atoms. The Morgan fingerprint density at radius 1 is 1.67 bits per heavy atom. The zero-order valence-corrected chi connectivity index (χ0v) is 8.99. The van der Waals surface area contributed by atoms with E-state index in [0.29, 0.717) is 10.8 Å². The minimum absolute atomic E-state index is 0.0729. The Morgan fingerprint density at radius 3 is 2.93 bits per heavy atom. The number of carboxylic acid groups (broad SMARTS) is 1. The van der Waals surface area contributed by atoms with Crippen LogP contribution < -0.4 is 10.5 Å². The van der Waals surface area contributed by atoms with Gasteiger partial charge >= 0.3 is 5.97 Å². The Morgan fingerprint density at radius 2 is 2.33 bits per heavy atom. The lowest BCUT2D eigenvalue weighted by molar-refractivity contribution is -0.139. The van der Waals surface area contributed by atoms with E-state index in [-0.39, 0.29) is 6.61 Å². The van der Waals surface area contributed by atoms with Gasteiger partial charge in [0, 0.05) is 5.02 Å². The monoisotopic (exact) mass is 229 g/mol. The molecule has 1 atom stereocenters. The van der Waals surface area contributed by atoms with E-state index in [9.17, 15) is 4.79 Å². The third-order valence-electron chi connectivity index (χ3n) is 1.89. The molecule has 0 bridgehead atoms. The Labute approximate surface area is 92.6 Å². The second kappa shape index (κ2) is 5.00. The van der Waals surface area contributed by atoms with Gasteiger partial charge in [-0.1, -0.05) is 17.7 Å².